The summed E-state index contributed by atoms with van der Waals surface area (Å²) >= 11 is 0. The molecule has 4 heteroatoms. The van der Waals surface area contributed by atoms with Crippen LogP contribution in [0, 0.1) is 0 Å². The summed E-state index contributed by atoms with van der Waals surface area (Å²) in [6.07, 6.45) is 4.01. The Morgan fingerprint density at radius 3 is 2.33 bits per heavy atom. The molecule has 0 aromatic rings. The third-order valence-electron chi connectivity index (χ3n) is 2.03. The first kappa shape index (κ1) is 11.9. The summed E-state index contributed by atoms with van der Waals surface area (Å²) in [7, 11) is -1.56. The first-order valence-corrected chi connectivity index (χ1v) is 6.01. The molecule has 0 heterocycles. The van der Waals surface area contributed by atoms with Crippen LogP contribution < -0.4 is 4.72 Å². The summed E-state index contributed by atoms with van der Waals surface area (Å²) in [6.45, 7) is 3.86. The second-order valence-electron chi connectivity index (χ2n) is 3.06. The molecule has 0 aliphatic heterocycles. The van der Waals surface area contributed by atoms with Crippen LogP contribution in [0.1, 0.15) is 39.5 Å². The smallest absolute Gasteiger partial charge is 0.213 e. The molecule has 12 heavy (non-hydrogen) atoms. The molecule has 0 aliphatic rings. The monoisotopic (exact) mass is 193 g/mol. The zero-order chi connectivity index (χ0) is 9.61. The van der Waals surface area contributed by atoms with Crippen LogP contribution >= 0.6 is 0 Å². The highest BCUT2D eigenvalue weighted by atomic mass is 32.2. The van der Waals surface area contributed by atoms with E-state index >= 15 is 0 Å². The quantitative estimate of drug-likeness (QED) is 0.650. The number of rotatable bonds is 6. The molecule has 0 rings (SSSR count). The van der Waals surface area contributed by atoms with E-state index in [0.29, 0.717) is 0 Å². The molecule has 74 valence electrons. The molecule has 0 saturated heterocycles. The zero-order valence-corrected chi connectivity index (χ0v) is 8.95. The first-order chi connectivity index (χ1) is 5.54. The van der Waals surface area contributed by atoms with Crippen molar-refractivity contribution < 1.29 is 8.42 Å². The number of unbranched alkanes of at least 4 members (excludes halogenated alkanes) is 2. The van der Waals surface area contributed by atoms with E-state index in [2.05, 4.69) is 11.6 Å². The lowest BCUT2D eigenvalue weighted by Crippen LogP contribution is -2.29. The zero-order valence-electron chi connectivity index (χ0n) is 8.13. The van der Waals surface area contributed by atoms with E-state index in [1.54, 1.807) is 6.92 Å². The standard InChI is InChI=1S/C8H19NO2S/c1-4-5-6-7-8(2)12(10,11)9-3/h8-9H,4-7H2,1-3H3. The average Bonchev–Trinajstić information content (AvgIpc) is 2.05. The lowest BCUT2D eigenvalue weighted by atomic mass is 10.2. The number of hydrogen-bond donors (Lipinski definition) is 1. The largest absolute Gasteiger partial charge is 0.218 e. The van der Waals surface area contributed by atoms with Crippen molar-refractivity contribution in [2.75, 3.05) is 7.05 Å². The van der Waals surface area contributed by atoms with E-state index in [1.165, 1.54) is 7.05 Å². The van der Waals surface area contributed by atoms with Crippen LogP contribution in [-0.2, 0) is 10.0 Å². The highest BCUT2D eigenvalue weighted by Gasteiger charge is 2.16. The molecule has 0 radical (unpaired) electrons. The second kappa shape index (κ2) is 5.54. The molecule has 1 unspecified atom stereocenters. The maximum Gasteiger partial charge on any atom is 0.213 e. The second-order valence-corrected chi connectivity index (χ2v) is 5.36. The van der Waals surface area contributed by atoms with Gasteiger partial charge in [0.1, 0.15) is 0 Å². The maximum atomic E-state index is 11.2. The Hall–Kier alpha value is -0.0900. The van der Waals surface area contributed by atoms with Crippen molar-refractivity contribution in [3.8, 4) is 0 Å². The van der Waals surface area contributed by atoms with Crippen molar-refractivity contribution in [3.63, 3.8) is 0 Å². The summed E-state index contributed by atoms with van der Waals surface area (Å²) < 4.78 is 24.7. The molecule has 0 bridgehead atoms. The summed E-state index contributed by atoms with van der Waals surface area (Å²) in [5.41, 5.74) is 0. The number of hydrogen-bond acceptors (Lipinski definition) is 2. The fraction of sp³-hybridized carbons (Fsp3) is 1.00. The van der Waals surface area contributed by atoms with Gasteiger partial charge in [0.2, 0.25) is 10.0 Å². The van der Waals surface area contributed by atoms with E-state index < -0.39 is 10.0 Å². The summed E-state index contributed by atoms with van der Waals surface area (Å²) in [5, 5.41) is -0.256. The van der Waals surface area contributed by atoms with Gasteiger partial charge < -0.3 is 0 Å². The van der Waals surface area contributed by atoms with Crippen molar-refractivity contribution in [3.05, 3.63) is 0 Å². The molecular weight excluding hydrogens is 174 g/mol. The molecule has 0 aromatic heterocycles. The third-order valence-corrected chi connectivity index (χ3v) is 3.89. The predicted molar refractivity (Wildman–Crippen MR) is 51.6 cm³/mol. The maximum absolute atomic E-state index is 11.2. The van der Waals surface area contributed by atoms with Crippen molar-refractivity contribution in [2.45, 2.75) is 44.8 Å². The SMILES string of the molecule is CCCCCC(C)S(=O)(=O)NC. The van der Waals surface area contributed by atoms with Gasteiger partial charge in [0.25, 0.3) is 0 Å². The van der Waals surface area contributed by atoms with Crippen LogP contribution in [-0.4, -0.2) is 20.7 Å². The summed E-state index contributed by atoms with van der Waals surface area (Å²) in [5.74, 6) is 0. The van der Waals surface area contributed by atoms with Gasteiger partial charge in [0.05, 0.1) is 5.25 Å². The van der Waals surface area contributed by atoms with Crippen LogP contribution in [0.4, 0.5) is 0 Å². The van der Waals surface area contributed by atoms with Gasteiger partial charge in [-0.1, -0.05) is 26.2 Å². The topological polar surface area (TPSA) is 46.2 Å². The van der Waals surface area contributed by atoms with Crippen molar-refractivity contribution in [1.82, 2.24) is 4.72 Å². The fourth-order valence-corrected chi connectivity index (χ4v) is 1.92. The molecule has 0 spiro atoms. The number of nitrogens with one attached hydrogen (secondary N) is 1. The van der Waals surface area contributed by atoms with Crippen LogP contribution in [0.3, 0.4) is 0 Å². The molecule has 0 fully saturated rings. The molecule has 0 amide bonds. The van der Waals surface area contributed by atoms with Gasteiger partial charge in [-0.25, -0.2) is 13.1 Å². The molecule has 0 saturated carbocycles. The van der Waals surface area contributed by atoms with Crippen LogP contribution in [0.15, 0.2) is 0 Å². The van der Waals surface area contributed by atoms with E-state index in [9.17, 15) is 8.42 Å². The first-order valence-electron chi connectivity index (χ1n) is 4.47. The van der Waals surface area contributed by atoms with E-state index in [0.717, 1.165) is 25.7 Å². The van der Waals surface area contributed by atoms with Gasteiger partial charge in [-0.15, -0.1) is 0 Å². The molecule has 0 aromatic carbocycles. The van der Waals surface area contributed by atoms with Crippen LogP contribution in [0.25, 0.3) is 0 Å². The minimum Gasteiger partial charge on any atom is -0.218 e. The van der Waals surface area contributed by atoms with Gasteiger partial charge in [0.15, 0.2) is 0 Å². The molecule has 1 atom stereocenters. The molecule has 0 aliphatic carbocycles. The Balaban J connectivity index is 3.80. The minimum absolute atomic E-state index is 0.256. The predicted octanol–water partition coefficient (Wildman–Crippen LogP) is 1.50. The average molecular weight is 193 g/mol. The highest BCUT2D eigenvalue weighted by Crippen LogP contribution is 2.08. The number of sulfonamides is 1. The minimum atomic E-state index is -3.03. The van der Waals surface area contributed by atoms with Crippen molar-refractivity contribution in [2.24, 2.45) is 0 Å². The Morgan fingerprint density at radius 2 is 1.92 bits per heavy atom. The summed E-state index contributed by atoms with van der Waals surface area (Å²) in [4.78, 5) is 0. The van der Waals surface area contributed by atoms with E-state index in [-0.39, 0.29) is 5.25 Å². The van der Waals surface area contributed by atoms with Crippen LogP contribution in [0.5, 0.6) is 0 Å². The van der Waals surface area contributed by atoms with E-state index in [4.69, 9.17) is 0 Å². The molecule has 3 nitrogen and oxygen atoms in total. The fourth-order valence-electron chi connectivity index (χ4n) is 1.04. The van der Waals surface area contributed by atoms with Crippen LogP contribution in [0.2, 0.25) is 0 Å². The Bertz CT molecular complexity index is 199. The van der Waals surface area contributed by atoms with Gasteiger partial charge in [-0.05, 0) is 20.4 Å². The normalized spacial score (nSPS) is 14.6. The van der Waals surface area contributed by atoms with Gasteiger partial charge in [0, 0.05) is 0 Å². The molecule has 1 N–H and O–H groups in total. The lowest BCUT2D eigenvalue weighted by Gasteiger charge is -2.10. The van der Waals surface area contributed by atoms with Gasteiger partial charge >= 0.3 is 0 Å². The lowest BCUT2D eigenvalue weighted by molar-refractivity contribution is 0.559. The van der Waals surface area contributed by atoms with Crippen molar-refractivity contribution >= 4 is 10.0 Å². The highest BCUT2D eigenvalue weighted by molar-refractivity contribution is 7.90. The third kappa shape index (κ3) is 4.07. The van der Waals surface area contributed by atoms with E-state index in [1.807, 2.05) is 0 Å². The summed E-state index contributed by atoms with van der Waals surface area (Å²) in [6, 6.07) is 0. The van der Waals surface area contributed by atoms with Gasteiger partial charge in [-0.3, -0.25) is 0 Å². The molecular formula is C8H19NO2S. The van der Waals surface area contributed by atoms with Crippen molar-refractivity contribution in [1.29, 1.82) is 0 Å². The Morgan fingerprint density at radius 1 is 1.33 bits per heavy atom. The van der Waals surface area contributed by atoms with Gasteiger partial charge in [-0.2, -0.15) is 0 Å². The Labute approximate surface area is 75.6 Å². The Kier molecular flexibility index (Phi) is 5.50.